The molecule has 4 atom stereocenters. The average molecular weight is 668 g/mol. The van der Waals surface area contributed by atoms with Crippen molar-refractivity contribution in [2.45, 2.75) is 42.3 Å². The maximum Gasteiger partial charge on any atom is 0.253 e. The minimum Gasteiger partial charge on any atom is -0.306 e. The van der Waals surface area contributed by atoms with Crippen LogP contribution in [0, 0.1) is 0 Å². The number of hydrogen-bond acceptors (Lipinski definition) is 3. The van der Waals surface area contributed by atoms with Gasteiger partial charge in [-0.2, -0.15) is 0 Å². The third-order valence-electron chi connectivity index (χ3n) is 11.1. The third kappa shape index (κ3) is 3.88. The lowest BCUT2D eigenvalue weighted by molar-refractivity contribution is -0.137. The van der Waals surface area contributed by atoms with Crippen LogP contribution in [0.15, 0.2) is 127 Å². The van der Waals surface area contributed by atoms with Gasteiger partial charge >= 0.3 is 0 Å². The van der Waals surface area contributed by atoms with Gasteiger partial charge < -0.3 is 4.90 Å². The molecular formula is C42H32Cl2N2O2. The number of benzene rings is 5. The highest BCUT2D eigenvalue weighted by Crippen LogP contribution is 2.72. The van der Waals surface area contributed by atoms with Crippen LogP contribution in [0.25, 0.3) is 11.6 Å². The Balaban J connectivity index is 1.37. The van der Waals surface area contributed by atoms with Crippen LogP contribution in [0.4, 0.5) is 5.69 Å². The number of amides is 1. The number of carbonyl (C=O) groups is 2. The molecule has 5 aromatic carbocycles. The molecule has 4 nitrogen and oxygen atoms in total. The molecule has 2 saturated heterocycles. The SMILES string of the molecule is O=C1/C(=C/c2ccc(Cl)cc2)c2ccccc2[C@@]12[C@H](c1ccc(Cl)cc1)C1CCCN1[C@]21C(=O)N(Cc2ccccc2)c2ccccc21. The minimum absolute atomic E-state index is 0.0160. The first kappa shape index (κ1) is 29.6. The number of Topliss-reactive ketones (excluding diaryl/α,β-unsaturated/α-hetero) is 1. The Morgan fingerprint density at radius 1 is 0.729 bits per heavy atom. The number of rotatable bonds is 4. The van der Waals surface area contributed by atoms with Crippen LogP contribution in [0.1, 0.15) is 52.1 Å². The average Bonchev–Trinajstić information content (AvgIpc) is 3.82. The van der Waals surface area contributed by atoms with E-state index in [4.69, 9.17) is 23.2 Å². The number of para-hydroxylation sites is 1. The molecule has 2 fully saturated rings. The van der Waals surface area contributed by atoms with Crippen LogP contribution in [-0.2, 0) is 27.1 Å². The molecule has 0 radical (unpaired) electrons. The van der Waals surface area contributed by atoms with Crippen LogP contribution < -0.4 is 4.90 Å². The van der Waals surface area contributed by atoms with Crippen molar-refractivity contribution in [1.29, 1.82) is 0 Å². The third-order valence-corrected chi connectivity index (χ3v) is 11.6. The van der Waals surface area contributed by atoms with E-state index in [9.17, 15) is 0 Å². The second-order valence-corrected chi connectivity index (χ2v) is 14.2. The molecule has 0 saturated carbocycles. The van der Waals surface area contributed by atoms with Crippen molar-refractivity contribution >= 4 is 52.2 Å². The fourth-order valence-electron chi connectivity index (χ4n) is 9.51. The molecule has 1 unspecified atom stereocenters. The van der Waals surface area contributed by atoms with Gasteiger partial charge in [0, 0.05) is 38.8 Å². The predicted molar refractivity (Wildman–Crippen MR) is 192 cm³/mol. The summed E-state index contributed by atoms with van der Waals surface area (Å²) in [6.07, 6.45) is 3.82. The highest BCUT2D eigenvalue weighted by atomic mass is 35.5. The summed E-state index contributed by atoms with van der Waals surface area (Å²) < 4.78 is 0. The quantitative estimate of drug-likeness (QED) is 0.180. The molecule has 1 aliphatic carbocycles. The maximum absolute atomic E-state index is 16.0. The lowest BCUT2D eigenvalue weighted by atomic mass is 9.56. The Morgan fingerprint density at radius 3 is 2.12 bits per heavy atom. The highest BCUT2D eigenvalue weighted by Gasteiger charge is 2.80. The second-order valence-electron chi connectivity index (χ2n) is 13.3. The molecule has 4 aliphatic rings. The summed E-state index contributed by atoms with van der Waals surface area (Å²) in [5.41, 5.74) is 4.64. The first-order valence-corrected chi connectivity index (χ1v) is 17.3. The van der Waals surface area contributed by atoms with E-state index in [2.05, 4.69) is 47.4 Å². The Bertz CT molecular complexity index is 2130. The summed E-state index contributed by atoms with van der Waals surface area (Å²) >= 11 is 12.7. The lowest BCUT2D eigenvalue weighted by Crippen LogP contribution is -2.62. The first-order valence-electron chi connectivity index (χ1n) is 16.6. The normalized spacial score (nSPS) is 26.5. The van der Waals surface area contributed by atoms with E-state index in [1.54, 1.807) is 0 Å². The largest absolute Gasteiger partial charge is 0.306 e. The van der Waals surface area contributed by atoms with Crippen molar-refractivity contribution in [2.75, 3.05) is 11.4 Å². The zero-order valence-electron chi connectivity index (χ0n) is 26.2. The van der Waals surface area contributed by atoms with E-state index in [1.807, 2.05) is 95.9 Å². The number of carbonyl (C=O) groups excluding carboxylic acids is 2. The van der Waals surface area contributed by atoms with Gasteiger partial charge in [0.15, 0.2) is 5.78 Å². The van der Waals surface area contributed by atoms with Gasteiger partial charge in [-0.25, -0.2) is 0 Å². The molecule has 6 heteroatoms. The summed E-state index contributed by atoms with van der Waals surface area (Å²) in [6.45, 7) is 1.14. The van der Waals surface area contributed by atoms with E-state index in [-0.39, 0.29) is 23.7 Å². The van der Waals surface area contributed by atoms with Crippen LogP contribution >= 0.6 is 23.2 Å². The standard InChI is InChI=1S/C42H32Cl2N2O2/c43-30-20-16-27(17-21-30)25-33-32-11-4-5-12-34(32)41(39(33)47)38(29-18-22-31(44)23-19-29)37-15-8-24-46(37)42(41)35-13-6-7-14-36(35)45(40(42)48)26-28-9-2-1-3-10-28/h1-7,9-14,16-23,25,37-38H,8,15,24,26H2/b33-25+/t37?,38-,41-,42-/m1/s1. The van der Waals surface area contributed by atoms with Gasteiger partial charge in [-0.3, -0.25) is 14.5 Å². The number of halogens is 2. The monoisotopic (exact) mass is 666 g/mol. The van der Waals surface area contributed by atoms with E-state index in [0.717, 1.165) is 58.5 Å². The lowest BCUT2D eigenvalue weighted by Gasteiger charge is -2.45. The van der Waals surface area contributed by atoms with Gasteiger partial charge in [0.25, 0.3) is 5.91 Å². The molecule has 0 N–H and O–H groups in total. The number of anilines is 1. The number of fused-ring (bicyclic) bond motifs is 7. The fraction of sp³-hybridized carbons (Fsp3) is 0.190. The maximum atomic E-state index is 16.0. The molecule has 2 spiro atoms. The van der Waals surface area contributed by atoms with Gasteiger partial charge in [-0.1, -0.05) is 120 Å². The van der Waals surface area contributed by atoms with Crippen molar-refractivity contribution in [3.05, 3.63) is 171 Å². The first-order chi connectivity index (χ1) is 23.5. The molecular weight excluding hydrogens is 635 g/mol. The van der Waals surface area contributed by atoms with Gasteiger partial charge in [-0.05, 0) is 83.6 Å². The molecule has 236 valence electrons. The Hall–Kier alpha value is -4.48. The summed E-state index contributed by atoms with van der Waals surface area (Å²) in [5.74, 6) is -0.347. The predicted octanol–water partition coefficient (Wildman–Crippen LogP) is 9.06. The molecule has 3 heterocycles. The van der Waals surface area contributed by atoms with E-state index in [0.29, 0.717) is 22.2 Å². The summed E-state index contributed by atoms with van der Waals surface area (Å²) in [6, 6.07) is 41.9. The van der Waals surface area contributed by atoms with Gasteiger partial charge in [-0.15, -0.1) is 0 Å². The summed E-state index contributed by atoms with van der Waals surface area (Å²) in [7, 11) is 0. The highest BCUT2D eigenvalue weighted by molar-refractivity contribution is 6.36. The molecule has 1 amide bonds. The Kier molecular flexibility index (Phi) is 6.81. The number of ketones is 1. The second kappa shape index (κ2) is 11.0. The topological polar surface area (TPSA) is 40.6 Å². The Morgan fingerprint density at radius 2 is 1.38 bits per heavy atom. The van der Waals surface area contributed by atoms with Crippen LogP contribution in [-0.4, -0.2) is 29.2 Å². The van der Waals surface area contributed by atoms with Crippen LogP contribution in [0.3, 0.4) is 0 Å². The molecule has 9 rings (SSSR count). The van der Waals surface area contributed by atoms with E-state index < -0.39 is 11.0 Å². The number of allylic oxidation sites excluding steroid dienone is 1. The van der Waals surface area contributed by atoms with Crippen molar-refractivity contribution in [2.24, 2.45) is 0 Å². The van der Waals surface area contributed by atoms with E-state index >= 15 is 9.59 Å². The smallest absolute Gasteiger partial charge is 0.253 e. The summed E-state index contributed by atoms with van der Waals surface area (Å²) in [4.78, 5) is 36.2. The van der Waals surface area contributed by atoms with Crippen LogP contribution in [0.5, 0.6) is 0 Å². The number of nitrogens with zero attached hydrogens (tertiary/aromatic N) is 2. The zero-order valence-corrected chi connectivity index (χ0v) is 27.7. The number of hydrogen-bond donors (Lipinski definition) is 0. The fourth-order valence-corrected chi connectivity index (χ4v) is 9.76. The minimum atomic E-state index is -1.26. The van der Waals surface area contributed by atoms with Gasteiger partial charge in [0.05, 0.1) is 12.0 Å². The van der Waals surface area contributed by atoms with Gasteiger partial charge in [0.1, 0.15) is 5.54 Å². The molecule has 48 heavy (non-hydrogen) atoms. The van der Waals surface area contributed by atoms with E-state index in [1.165, 1.54) is 0 Å². The van der Waals surface area contributed by atoms with Gasteiger partial charge in [0.2, 0.25) is 0 Å². The van der Waals surface area contributed by atoms with Crippen molar-refractivity contribution in [1.82, 2.24) is 4.90 Å². The molecule has 3 aliphatic heterocycles. The molecule has 0 bridgehead atoms. The summed E-state index contributed by atoms with van der Waals surface area (Å²) in [5, 5.41) is 1.28. The van der Waals surface area contributed by atoms with Crippen molar-refractivity contribution in [3.8, 4) is 0 Å². The van der Waals surface area contributed by atoms with Crippen molar-refractivity contribution < 1.29 is 9.59 Å². The van der Waals surface area contributed by atoms with Crippen LogP contribution in [0.2, 0.25) is 10.0 Å². The molecule has 0 aromatic heterocycles. The Labute approximate surface area is 290 Å². The van der Waals surface area contributed by atoms with Crippen molar-refractivity contribution in [3.63, 3.8) is 0 Å². The zero-order chi connectivity index (χ0) is 32.6. The molecule has 5 aromatic rings.